The zero-order chi connectivity index (χ0) is 15.4. The van der Waals surface area contributed by atoms with Gasteiger partial charge in [-0.2, -0.15) is 5.10 Å². The number of phenols is 1. The van der Waals surface area contributed by atoms with Crippen LogP contribution in [0.2, 0.25) is 5.02 Å². The first-order chi connectivity index (χ1) is 10.0. The average Bonchev–Trinajstić information content (AvgIpc) is 2.44. The van der Waals surface area contributed by atoms with Crippen LogP contribution < -0.4 is 10.2 Å². The number of aromatic hydroxyl groups is 1. The zero-order valence-electron chi connectivity index (χ0n) is 10.9. The lowest BCUT2D eigenvalue weighted by molar-refractivity contribution is 0.373. The summed E-state index contributed by atoms with van der Waals surface area (Å²) in [5.74, 6) is -1.41. The Morgan fingerprint density at radius 2 is 2.05 bits per heavy atom. The van der Waals surface area contributed by atoms with Crippen molar-refractivity contribution in [2.45, 2.75) is 0 Å². The fourth-order valence-corrected chi connectivity index (χ4v) is 1.80. The van der Waals surface area contributed by atoms with E-state index in [2.05, 4.69) is 10.5 Å². The maximum atomic E-state index is 13.4. The monoisotopic (exact) mass is 312 g/mol. The molecule has 0 radical (unpaired) electrons. The van der Waals surface area contributed by atoms with Gasteiger partial charge in [-0.05, 0) is 29.8 Å². The van der Waals surface area contributed by atoms with Crippen molar-refractivity contribution in [3.05, 3.63) is 52.6 Å². The van der Waals surface area contributed by atoms with E-state index < -0.39 is 11.6 Å². The summed E-state index contributed by atoms with van der Waals surface area (Å²) in [7, 11) is 1.39. The molecule has 0 spiro atoms. The lowest BCUT2D eigenvalue weighted by Crippen LogP contribution is -1.95. The molecule has 0 aliphatic heterocycles. The fraction of sp³-hybridized carbons (Fsp3) is 0.0714. The van der Waals surface area contributed by atoms with Gasteiger partial charge in [-0.3, -0.25) is 5.43 Å². The largest absolute Gasteiger partial charge is 0.503 e. The molecule has 0 aliphatic carbocycles. The smallest absolute Gasteiger partial charge is 0.176 e. The summed E-state index contributed by atoms with van der Waals surface area (Å²) in [6, 6.07) is 6.06. The molecule has 0 bridgehead atoms. The van der Waals surface area contributed by atoms with Crippen molar-refractivity contribution in [1.29, 1.82) is 0 Å². The number of halogens is 3. The number of nitrogens with one attached hydrogen (secondary N) is 1. The topological polar surface area (TPSA) is 53.8 Å². The van der Waals surface area contributed by atoms with Crippen molar-refractivity contribution < 1.29 is 18.6 Å². The number of phenolic OH excluding ortho intramolecular Hbond substituents is 1. The van der Waals surface area contributed by atoms with Crippen molar-refractivity contribution in [3.8, 4) is 11.5 Å². The highest BCUT2D eigenvalue weighted by molar-refractivity contribution is 6.32. The second kappa shape index (κ2) is 6.41. The van der Waals surface area contributed by atoms with Gasteiger partial charge >= 0.3 is 0 Å². The minimum atomic E-state index is -0.756. The zero-order valence-corrected chi connectivity index (χ0v) is 11.7. The molecule has 4 nitrogen and oxygen atoms in total. The normalized spacial score (nSPS) is 10.9. The molecule has 2 N–H and O–H groups in total. The molecule has 0 unspecified atom stereocenters. The SMILES string of the molecule is COc1cc(/C=N/Nc2ccc(F)cc2F)cc(Cl)c1O. The lowest BCUT2D eigenvalue weighted by Gasteiger charge is -2.06. The summed E-state index contributed by atoms with van der Waals surface area (Å²) in [4.78, 5) is 0. The summed E-state index contributed by atoms with van der Waals surface area (Å²) in [5, 5.41) is 13.5. The molecule has 0 aromatic heterocycles. The Hall–Kier alpha value is -2.34. The number of benzene rings is 2. The van der Waals surface area contributed by atoms with Gasteiger partial charge in [0, 0.05) is 6.07 Å². The Balaban J connectivity index is 2.16. The molecule has 2 aromatic carbocycles. The van der Waals surface area contributed by atoms with E-state index in [4.69, 9.17) is 16.3 Å². The molecular weight excluding hydrogens is 302 g/mol. The van der Waals surface area contributed by atoms with Crippen LogP contribution in [-0.2, 0) is 0 Å². The summed E-state index contributed by atoms with van der Waals surface area (Å²) in [6.07, 6.45) is 1.36. The van der Waals surface area contributed by atoms with Crippen LogP contribution >= 0.6 is 11.6 Å². The highest BCUT2D eigenvalue weighted by atomic mass is 35.5. The molecule has 0 atom stereocenters. The molecule has 110 valence electrons. The summed E-state index contributed by atoms with van der Waals surface area (Å²) in [6.45, 7) is 0. The maximum absolute atomic E-state index is 13.4. The number of hydrazone groups is 1. The van der Waals surface area contributed by atoms with Gasteiger partial charge in [0.1, 0.15) is 5.82 Å². The van der Waals surface area contributed by atoms with Crippen LogP contribution in [0.5, 0.6) is 11.5 Å². The predicted octanol–water partition coefficient (Wildman–Crippen LogP) is 3.78. The van der Waals surface area contributed by atoms with Gasteiger partial charge in [0.2, 0.25) is 0 Å². The van der Waals surface area contributed by atoms with E-state index in [1.54, 1.807) is 0 Å². The third-order valence-electron chi connectivity index (χ3n) is 2.60. The fourth-order valence-electron chi connectivity index (χ4n) is 1.58. The van der Waals surface area contributed by atoms with E-state index in [9.17, 15) is 13.9 Å². The van der Waals surface area contributed by atoms with Gasteiger partial charge in [-0.25, -0.2) is 8.78 Å². The average molecular weight is 313 g/mol. The molecule has 0 saturated heterocycles. The van der Waals surface area contributed by atoms with Crippen molar-refractivity contribution in [1.82, 2.24) is 0 Å². The van der Waals surface area contributed by atoms with Gasteiger partial charge in [0.25, 0.3) is 0 Å². The van der Waals surface area contributed by atoms with E-state index >= 15 is 0 Å². The van der Waals surface area contributed by atoms with Crippen LogP contribution in [0.15, 0.2) is 35.4 Å². The molecule has 0 amide bonds. The third kappa shape index (κ3) is 3.61. The molecular formula is C14H11ClF2N2O2. The van der Waals surface area contributed by atoms with Gasteiger partial charge in [-0.15, -0.1) is 0 Å². The second-order valence-corrected chi connectivity index (χ2v) is 4.45. The molecule has 0 saturated carbocycles. The second-order valence-electron chi connectivity index (χ2n) is 4.05. The highest BCUT2D eigenvalue weighted by Gasteiger charge is 2.08. The minimum Gasteiger partial charge on any atom is -0.503 e. The molecule has 0 heterocycles. The Labute approximate surface area is 124 Å². The van der Waals surface area contributed by atoms with Crippen molar-refractivity contribution in [2.75, 3.05) is 12.5 Å². The summed E-state index contributed by atoms with van der Waals surface area (Å²) >= 11 is 5.82. The molecule has 7 heteroatoms. The molecule has 21 heavy (non-hydrogen) atoms. The van der Waals surface area contributed by atoms with Crippen LogP contribution in [0.1, 0.15) is 5.56 Å². The molecule has 2 aromatic rings. The van der Waals surface area contributed by atoms with Crippen LogP contribution in [-0.4, -0.2) is 18.4 Å². The van der Waals surface area contributed by atoms with E-state index in [0.717, 1.165) is 12.1 Å². The number of ether oxygens (including phenoxy) is 1. The number of hydrogen-bond acceptors (Lipinski definition) is 4. The standard InChI is InChI=1S/C14H11ClF2N2O2/c1-21-13-5-8(4-10(15)14(13)20)7-18-19-12-3-2-9(16)6-11(12)17/h2-7,19-20H,1H3/b18-7+. The number of hydrogen-bond donors (Lipinski definition) is 2. The van der Waals surface area contributed by atoms with Crippen LogP contribution in [0.25, 0.3) is 0 Å². The highest BCUT2D eigenvalue weighted by Crippen LogP contribution is 2.34. The van der Waals surface area contributed by atoms with Gasteiger partial charge in [-0.1, -0.05) is 11.6 Å². The minimum absolute atomic E-state index is 0.0319. The first-order valence-corrected chi connectivity index (χ1v) is 6.19. The van der Waals surface area contributed by atoms with E-state index in [-0.39, 0.29) is 22.2 Å². The summed E-state index contributed by atoms with van der Waals surface area (Å²) in [5.41, 5.74) is 3.01. The van der Waals surface area contributed by atoms with Crippen molar-refractivity contribution >= 4 is 23.5 Å². The Morgan fingerprint density at radius 3 is 2.71 bits per heavy atom. The summed E-state index contributed by atoms with van der Waals surface area (Å²) < 4.78 is 31.0. The van der Waals surface area contributed by atoms with Crippen LogP contribution in [0.3, 0.4) is 0 Å². The first-order valence-electron chi connectivity index (χ1n) is 5.82. The molecule has 0 aliphatic rings. The molecule has 2 rings (SSSR count). The van der Waals surface area contributed by atoms with Gasteiger partial charge < -0.3 is 9.84 Å². The number of nitrogens with zero attached hydrogens (tertiary/aromatic N) is 1. The van der Waals surface area contributed by atoms with E-state index in [1.165, 1.54) is 31.5 Å². The van der Waals surface area contributed by atoms with E-state index in [1.807, 2.05) is 0 Å². The Bertz CT molecular complexity index is 693. The Kier molecular flexibility index (Phi) is 4.59. The van der Waals surface area contributed by atoms with Crippen LogP contribution in [0.4, 0.5) is 14.5 Å². The van der Waals surface area contributed by atoms with Gasteiger partial charge in [0.15, 0.2) is 17.3 Å². The van der Waals surface area contributed by atoms with Gasteiger partial charge in [0.05, 0.1) is 24.0 Å². The number of rotatable bonds is 4. The Morgan fingerprint density at radius 1 is 1.29 bits per heavy atom. The van der Waals surface area contributed by atoms with Crippen molar-refractivity contribution in [3.63, 3.8) is 0 Å². The predicted molar refractivity (Wildman–Crippen MR) is 77.2 cm³/mol. The van der Waals surface area contributed by atoms with E-state index in [0.29, 0.717) is 5.56 Å². The lowest BCUT2D eigenvalue weighted by atomic mass is 10.2. The number of anilines is 1. The van der Waals surface area contributed by atoms with Crippen molar-refractivity contribution in [2.24, 2.45) is 5.10 Å². The quantitative estimate of drug-likeness (QED) is 0.667. The first kappa shape index (κ1) is 15.1. The van der Waals surface area contributed by atoms with Crippen LogP contribution in [0, 0.1) is 11.6 Å². The third-order valence-corrected chi connectivity index (χ3v) is 2.89. The maximum Gasteiger partial charge on any atom is 0.176 e. The molecule has 0 fully saturated rings. The number of methoxy groups -OCH3 is 1.